The summed E-state index contributed by atoms with van der Waals surface area (Å²) in [5.41, 5.74) is 7.07. The molecule has 2 unspecified atom stereocenters. The fourth-order valence-corrected chi connectivity index (χ4v) is 2.33. The lowest BCUT2D eigenvalue weighted by Crippen LogP contribution is -2.41. The second-order valence-corrected chi connectivity index (χ2v) is 4.93. The second kappa shape index (κ2) is 6.04. The van der Waals surface area contributed by atoms with Crippen molar-refractivity contribution < 1.29 is 9.53 Å². The third-order valence-corrected chi connectivity index (χ3v) is 3.59. The van der Waals surface area contributed by atoms with Gasteiger partial charge in [0.05, 0.1) is 12.1 Å². The molecular weight excluding hydrogens is 242 g/mol. The van der Waals surface area contributed by atoms with E-state index >= 15 is 0 Å². The molecule has 2 atom stereocenters. The van der Waals surface area contributed by atoms with Crippen molar-refractivity contribution in [3.8, 4) is 0 Å². The maximum Gasteiger partial charge on any atom is 0.241 e. The zero-order valence-corrected chi connectivity index (χ0v) is 11.4. The Morgan fingerprint density at radius 1 is 1.58 bits per heavy atom. The van der Waals surface area contributed by atoms with Crippen LogP contribution < -0.4 is 11.1 Å². The molecule has 0 bridgehead atoms. The molecule has 0 spiro atoms. The lowest BCUT2D eigenvalue weighted by Gasteiger charge is -2.23. The van der Waals surface area contributed by atoms with Crippen LogP contribution in [0.1, 0.15) is 13.3 Å². The molecule has 1 aromatic carbocycles. The van der Waals surface area contributed by atoms with E-state index in [0.29, 0.717) is 5.69 Å². The van der Waals surface area contributed by atoms with E-state index in [9.17, 15) is 4.79 Å². The number of amides is 1. The van der Waals surface area contributed by atoms with E-state index in [1.54, 1.807) is 19.2 Å². The summed E-state index contributed by atoms with van der Waals surface area (Å²) < 4.78 is 5.32. The Morgan fingerprint density at radius 3 is 3.00 bits per heavy atom. The molecule has 1 aliphatic heterocycles. The molecule has 3 N–H and O–H groups in total. The Bertz CT molecular complexity index is 450. The van der Waals surface area contributed by atoms with Crippen molar-refractivity contribution in [3.63, 3.8) is 0 Å². The number of nitrogens with zero attached hydrogens (tertiary/aromatic N) is 1. The van der Waals surface area contributed by atoms with Crippen molar-refractivity contribution in [3.05, 3.63) is 24.3 Å². The van der Waals surface area contributed by atoms with E-state index < -0.39 is 0 Å². The van der Waals surface area contributed by atoms with Crippen molar-refractivity contribution in [1.29, 1.82) is 0 Å². The van der Waals surface area contributed by atoms with E-state index in [2.05, 4.69) is 10.2 Å². The van der Waals surface area contributed by atoms with Crippen molar-refractivity contribution in [2.45, 2.75) is 25.5 Å². The Kier molecular flexibility index (Phi) is 4.39. The summed E-state index contributed by atoms with van der Waals surface area (Å²) in [4.78, 5) is 14.3. The van der Waals surface area contributed by atoms with Crippen molar-refractivity contribution >= 4 is 17.3 Å². The van der Waals surface area contributed by atoms with Gasteiger partial charge < -0.3 is 15.8 Å². The molecule has 1 heterocycles. The largest absolute Gasteiger partial charge is 0.399 e. The number of hydrogen-bond donors (Lipinski definition) is 2. The first-order valence-corrected chi connectivity index (χ1v) is 6.53. The fraction of sp³-hybridized carbons (Fsp3) is 0.500. The molecule has 1 fully saturated rings. The predicted molar refractivity (Wildman–Crippen MR) is 75.9 cm³/mol. The molecule has 19 heavy (non-hydrogen) atoms. The van der Waals surface area contributed by atoms with Gasteiger partial charge in [-0.3, -0.25) is 9.69 Å². The molecule has 1 aromatic rings. The molecule has 1 aliphatic rings. The molecule has 2 rings (SSSR count). The van der Waals surface area contributed by atoms with Crippen LogP contribution in [0.25, 0.3) is 0 Å². The number of nitrogens with one attached hydrogen (secondary N) is 1. The number of rotatable bonds is 4. The third-order valence-electron chi connectivity index (χ3n) is 3.59. The van der Waals surface area contributed by atoms with Crippen LogP contribution in [0.15, 0.2) is 24.3 Å². The summed E-state index contributed by atoms with van der Waals surface area (Å²) in [7, 11) is 1.71. The zero-order valence-electron chi connectivity index (χ0n) is 11.4. The highest BCUT2D eigenvalue weighted by molar-refractivity contribution is 5.94. The minimum Gasteiger partial charge on any atom is -0.399 e. The molecule has 0 aliphatic carbocycles. The predicted octanol–water partition coefficient (Wildman–Crippen LogP) is 1.32. The summed E-state index contributed by atoms with van der Waals surface area (Å²) in [5.74, 6) is -0.0117. The molecule has 1 saturated heterocycles. The Morgan fingerprint density at radius 2 is 2.37 bits per heavy atom. The highest BCUT2D eigenvalue weighted by Crippen LogP contribution is 2.17. The number of carbonyl (C=O) groups excluding carboxylic acids is 1. The third kappa shape index (κ3) is 3.45. The number of methoxy groups -OCH3 is 1. The lowest BCUT2D eigenvalue weighted by atomic mass is 10.2. The standard InChI is InChI=1S/C14H21N3O2/c1-10(17-7-6-13(9-17)19-2)14(18)16-12-5-3-4-11(15)8-12/h3-5,8,10,13H,6-7,9,15H2,1-2H3,(H,16,18). The van der Waals surface area contributed by atoms with E-state index in [-0.39, 0.29) is 18.1 Å². The summed E-state index contributed by atoms with van der Waals surface area (Å²) >= 11 is 0. The van der Waals surface area contributed by atoms with Gasteiger partial charge in [0.1, 0.15) is 0 Å². The van der Waals surface area contributed by atoms with Crippen LogP contribution in [-0.2, 0) is 9.53 Å². The number of likely N-dealkylation sites (tertiary alicyclic amines) is 1. The van der Waals surface area contributed by atoms with E-state index in [1.807, 2.05) is 19.1 Å². The average Bonchev–Trinajstić information content (AvgIpc) is 2.86. The molecule has 0 radical (unpaired) electrons. The monoisotopic (exact) mass is 263 g/mol. The first-order valence-electron chi connectivity index (χ1n) is 6.53. The van der Waals surface area contributed by atoms with Crippen molar-refractivity contribution in [2.75, 3.05) is 31.2 Å². The minimum absolute atomic E-state index is 0.0117. The number of benzene rings is 1. The highest BCUT2D eigenvalue weighted by Gasteiger charge is 2.29. The van der Waals surface area contributed by atoms with Crippen LogP contribution in [0.4, 0.5) is 11.4 Å². The number of carbonyl (C=O) groups is 1. The van der Waals surface area contributed by atoms with Crippen LogP contribution in [0.3, 0.4) is 0 Å². The Balaban J connectivity index is 1.93. The maximum atomic E-state index is 12.2. The van der Waals surface area contributed by atoms with Gasteiger partial charge in [0.2, 0.25) is 5.91 Å². The summed E-state index contributed by atoms with van der Waals surface area (Å²) in [6, 6.07) is 7.05. The highest BCUT2D eigenvalue weighted by atomic mass is 16.5. The van der Waals surface area contributed by atoms with Crippen molar-refractivity contribution in [1.82, 2.24) is 4.90 Å². The van der Waals surface area contributed by atoms with Gasteiger partial charge in [-0.15, -0.1) is 0 Å². The number of ether oxygens (including phenoxy) is 1. The smallest absolute Gasteiger partial charge is 0.241 e. The van der Waals surface area contributed by atoms with Gasteiger partial charge >= 0.3 is 0 Å². The first kappa shape index (κ1) is 13.8. The number of nitrogens with two attached hydrogens (primary N) is 1. The van der Waals surface area contributed by atoms with Gasteiger partial charge in [-0.25, -0.2) is 0 Å². The second-order valence-electron chi connectivity index (χ2n) is 4.93. The summed E-state index contributed by atoms with van der Waals surface area (Å²) in [6.07, 6.45) is 1.22. The molecule has 0 saturated carbocycles. The van der Waals surface area contributed by atoms with Crippen LogP contribution in [0.5, 0.6) is 0 Å². The SMILES string of the molecule is COC1CCN(C(C)C(=O)Nc2cccc(N)c2)C1. The van der Waals surface area contributed by atoms with Gasteiger partial charge in [0, 0.05) is 31.6 Å². The molecule has 5 heteroatoms. The van der Waals surface area contributed by atoms with E-state index in [4.69, 9.17) is 10.5 Å². The topological polar surface area (TPSA) is 67.6 Å². The van der Waals surface area contributed by atoms with Gasteiger partial charge in [0.25, 0.3) is 0 Å². The van der Waals surface area contributed by atoms with Gasteiger partial charge in [-0.05, 0) is 31.5 Å². The van der Waals surface area contributed by atoms with Gasteiger partial charge in [0.15, 0.2) is 0 Å². The number of anilines is 2. The molecular formula is C14H21N3O2. The van der Waals surface area contributed by atoms with Crippen LogP contribution >= 0.6 is 0 Å². The van der Waals surface area contributed by atoms with Crippen LogP contribution in [0, 0.1) is 0 Å². The summed E-state index contributed by atoms with van der Waals surface area (Å²) in [5, 5.41) is 2.89. The van der Waals surface area contributed by atoms with Crippen LogP contribution in [0.2, 0.25) is 0 Å². The van der Waals surface area contributed by atoms with E-state index in [0.717, 1.165) is 25.2 Å². The summed E-state index contributed by atoms with van der Waals surface area (Å²) in [6.45, 7) is 3.62. The molecule has 5 nitrogen and oxygen atoms in total. The maximum absolute atomic E-state index is 12.2. The number of hydrogen-bond acceptors (Lipinski definition) is 4. The van der Waals surface area contributed by atoms with Gasteiger partial charge in [-0.2, -0.15) is 0 Å². The minimum atomic E-state index is -0.165. The quantitative estimate of drug-likeness (QED) is 0.804. The fourth-order valence-electron chi connectivity index (χ4n) is 2.33. The molecule has 104 valence electrons. The number of nitrogen functional groups attached to an aromatic ring is 1. The Hall–Kier alpha value is -1.59. The van der Waals surface area contributed by atoms with Crippen molar-refractivity contribution in [2.24, 2.45) is 0 Å². The zero-order chi connectivity index (χ0) is 13.8. The normalized spacial score (nSPS) is 21.3. The van der Waals surface area contributed by atoms with Crippen LogP contribution in [-0.4, -0.2) is 43.2 Å². The molecule has 0 aromatic heterocycles. The molecule has 1 amide bonds. The first-order chi connectivity index (χ1) is 9.10. The van der Waals surface area contributed by atoms with E-state index in [1.165, 1.54) is 0 Å². The lowest BCUT2D eigenvalue weighted by molar-refractivity contribution is -0.120. The Labute approximate surface area is 113 Å². The van der Waals surface area contributed by atoms with Gasteiger partial charge in [-0.1, -0.05) is 6.07 Å². The average molecular weight is 263 g/mol.